The van der Waals surface area contributed by atoms with Crippen molar-refractivity contribution >= 4 is 22.8 Å². The number of hydrogen-bond donors (Lipinski definition) is 0. The van der Waals surface area contributed by atoms with Gasteiger partial charge in [-0.05, 0) is 68.4 Å². The molecule has 0 N–H and O–H groups in total. The fourth-order valence-corrected chi connectivity index (χ4v) is 5.20. The van der Waals surface area contributed by atoms with Crippen LogP contribution >= 0.6 is 0 Å². The van der Waals surface area contributed by atoms with Crippen molar-refractivity contribution in [2.75, 3.05) is 18.6 Å². The molecule has 5 rings (SSSR count). The summed E-state index contributed by atoms with van der Waals surface area (Å²) in [5.41, 5.74) is 3.89. The van der Waals surface area contributed by atoms with Crippen molar-refractivity contribution in [1.29, 1.82) is 5.26 Å². The van der Waals surface area contributed by atoms with Crippen LogP contribution in [0.2, 0.25) is 0 Å². The number of benzene rings is 2. The van der Waals surface area contributed by atoms with Crippen LogP contribution in [0.5, 0.6) is 5.75 Å². The van der Waals surface area contributed by atoms with E-state index in [2.05, 4.69) is 15.6 Å². The summed E-state index contributed by atoms with van der Waals surface area (Å²) in [5.74, 6) is 1.09. The minimum Gasteiger partial charge on any atom is -0.497 e. The fourth-order valence-electron chi connectivity index (χ4n) is 5.20. The average Bonchev–Trinajstić information content (AvgIpc) is 3.34. The molecule has 2 atom stereocenters. The van der Waals surface area contributed by atoms with Crippen molar-refractivity contribution in [3.05, 3.63) is 53.9 Å². The van der Waals surface area contributed by atoms with E-state index in [1.165, 1.54) is 0 Å². The van der Waals surface area contributed by atoms with Gasteiger partial charge in [-0.15, -0.1) is 0 Å². The van der Waals surface area contributed by atoms with E-state index in [4.69, 9.17) is 9.47 Å². The van der Waals surface area contributed by atoms with E-state index in [9.17, 15) is 10.1 Å². The lowest BCUT2D eigenvalue weighted by atomic mass is 9.78. The molecule has 1 saturated carbocycles. The van der Waals surface area contributed by atoms with E-state index in [1.54, 1.807) is 18.1 Å². The maximum atomic E-state index is 12.9. The molecule has 2 heterocycles. The molecule has 0 bridgehead atoms. The third kappa shape index (κ3) is 3.56. The van der Waals surface area contributed by atoms with Gasteiger partial charge in [0.1, 0.15) is 11.4 Å². The summed E-state index contributed by atoms with van der Waals surface area (Å²) in [6, 6.07) is 13.6. The first kappa shape index (κ1) is 20.4. The largest absolute Gasteiger partial charge is 0.497 e. The van der Waals surface area contributed by atoms with Gasteiger partial charge < -0.3 is 14.0 Å². The smallest absolute Gasteiger partial charge is 0.415 e. The molecule has 2 aliphatic rings. The summed E-state index contributed by atoms with van der Waals surface area (Å²) >= 11 is 0. The van der Waals surface area contributed by atoms with Crippen LogP contribution < -0.4 is 9.64 Å². The summed E-state index contributed by atoms with van der Waals surface area (Å²) in [4.78, 5) is 19.1. The molecule has 1 aliphatic carbocycles. The summed E-state index contributed by atoms with van der Waals surface area (Å²) in [6.07, 6.45) is 5.34. The Bertz CT molecular complexity index is 1230. The number of carbonyl (C=O) groups is 1. The number of imidazole rings is 1. The molecule has 0 radical (unpaired) electrons. The first-order chi connectivity index (χ1) is 15.5. The second kappa shape index (κ2) is 7.86. The number of rotatable bonds is 4. The highest BCUT2D eigenvalue weighted by Crippen LogP contribution is 2.43. The van der Waals surface area contributed by atoms with Crippen LogP contribution in [0, 0.1) is 24.2 Å². The average molecular weight is 431 g/mol. The third-order valence-corrected chi connectivity index (χ3v) is 6.79. The van der Waals surface area contributed by atoms with E-state index in [-0.39, 0.29) is 6.09 Å². The molecule has 1 aliphatic heterocycles. The lowest BCUT2D eigenvalue weighted by Crippen LogP contribution is -2.40. The Labute approximate surface area is 187 Å². The predicted octanol–water partition coefficient (Wildman–Crippen LogP) is 4.81. The molecule has 1 spiro atoms. The van der Waals surface area contributed by atoms with Crippen LogP contribution in [0.15, 0.2) is 42.7 Å². The second-order valence-electron chi connectivity index (χ2n) is 8.96. The number of aryl methyl sites for hydroxylation is 1. The molecule has 1 saturated heterocycles. The van der Waals surface area contributed by atoms with E-state index in [0.717, 1.165) is 60.3 Å². The number of hydrogen-bond acceptors (Lipinski definition) is 5. The van der Waals surface area contributed by atoms with E-state index in [1.807, 2.05) is 43.6 Å². The van der Waals surface area contributed by atoms with Crippen molar-refractivity contribution in [2.45, 2.75) is 44.8 Å². The molecular formula is C25H26N4O3. The van der Waals surface area contributed by atoms with Crippen LogP contribution in [0.25, 0.3) is 11.0 Å². The van der Waals surface area contributed by atoms with Crippen LogP contribution in [0.3, 0.4) is 0 Å². The number of carbonyl (C=O) groups excluding carboxylic acids is 1. The number of amides is 1. The second-order valence-corrected chi connectivity index (χ2v) is 8.96. The van der Waals surface area contributed by atoms with Gasteiger partial charge in [0.15, 0.2) is 0 Å². The molecule has 2 fully saturated rings. The molecule has 1 aromatic heterocycles. The van der Waals surface area contributed by atoms with Crippen molar-refractivity contribution in [3.8, 4) is 11.8 Å². The van der Waals surface area contributed by atoms with Crippen molar-refractivity contribution in [3.63, 3.8) is 0 Å². The molecule has 3 aromatic rings. The molecule has 7 nitrogen and oxygen atoms in total. The van der Waals surface area contributed by atoms with Gasteiger partial charge in [-0.1, -0.05) is 6.07 Å². The summed E-state index contributed by atoms with van der Waals surface area (Å²) < 4.78 is 13.5. The molecule has 164 valence electrons. The Kier molecular flexibility index (Phi) is 5.01. The number of ether oxygens (including phenoxy) is 2. The van der Waals surface area contributed by atoms with Crippen molar-refractivity contribution in [2.24, 2.45) is 5.92 Å². The normalized spacial score (nSPS) is 22.8. The van der Waals surface area contributed by atoms with Gasteiger partial charge in [-0.3, -0.25) is 4.90 Å². The van der Waals surface area contributed by atoms with Gasteiger partial charge >= 0.3 is 6.09 Å². The van der Waals surface area contributed by atoms with Crippen molar-refractivity contribution < 1.29 is 14.3 Å². The highest BCUT2D eigenvalue weighted by atomic mass is 16.6. The molecular weight excluding hydrogens is 404 g/mol. The minimum atomic E-state index is -0.469. The molecule has 2 aromatic carbocycles. The Morgan fingerprint density at radius 3 is 3.00 bits per heavy atom. The van der Waals surface area contributed by atoms with Crippen LogP contribution in [-0.2, 0) is 11.3 Å². The zero-order chi connectivity index (χ0) is 22.3. The van der Waals surface area contributed by atoms with E-state index >= 15 is 0 Å². The Morgan fingerprint density at radius 1 is 1.31 bits per heavy atom. The predicted molar refractivity (Wildman–Crippen MR) is 121 cm³/mol. The Balaban J connectivity index is 1.36. The van der Waals surface area contributed by atoms with Gasteiger partial charge in [-0.2, -0.15) is 5.26 Å². The monoisotopic (exact) mass is 430 g/mol. The number of nitrogens with zero attached hydrogens (tertiary/aromatic N) is 4. The molecule has 1 amide bonds. The zero-order valence-electron chi connectivity index (χ0n) is 18.4. The summed E-state index contributed by atoms with van der Waals surface area (Å²) in [6.45, 7) is 3.35. The number of anilines is 1. The highest BCUT2D eigenvalue weighted by Gasteiger charge is 2.48. The van der Waals surface area contributed by atoms with E-state index in [0.29, 0.717) is 18.0 Å². The molecule has 0 unspecified atom stereocenters. The number of fused-ring (bicyclic) bond motifs is 1. The number of aromatic nitrogens is 2. The van der Waals surface area contributed by atoms with E-state index < -0.39 is 5.60 Å². The molecule has 7 heteroatoms. The maximum Gasteiger partial charge on any atom is 0.415 e. The van der Waals surface area contributed by atoms with Crippen LogP contribution in [0.1, 0.15) is 36.8 Å². The lowest BCUT2D eigenvalue weighted by Gasteiger charge is -2.36. The standard InChI is InChI=1S/C25H26N4O3/c1-17-5-7-20(31-2)11-22(17)29-15-25(32-24(29)30)9-3-4-19(12-25)14-28-16-27-21-8-6-18(13-26)10-23(21)28/h5-8,10-11,16,19H,3-4,9,12,14-15H2,1-2H3/t19-,25-/m0/s1. The van der Waals surface area contributed by atoms with Crippen molar-refractivity contribution in [1.82, 2.24) is 9.55 Å². The van der Waals surface area contributed by atoms with Crippen LogP contribution in [0.4, 0.5) is 10.5 Å². The lowest BCUT2D eigenvalue weighted by molar-refractivity contribution is 0.00439. The fraction of sp³-hybridized carbons (Fsp3) is 0.400. The zero-order valence-corrected chi connectivity index (χ0v) is 18.4. The van der Waals surface area contributed by atoms with Gasteiger partial charge in [0.05, 0.1) is 48.3 Å². The van der Waals surface area contributed by atoms with Gasteiger partial charge in [0.25, 0.3) is 0 Å². The topological polar surface area (TPSA) is 80.4 Å². The minimum absolute atomic E-state index is 0.284. The van der Waals surface area contributed by atoms with Crippen LogP contribution in [-0.4, -0.2) is 34.9 Å². The molecule has 32 heavy (non-hydrogen) atoms. The van der Waals surface area contributed by atoms with Gasteiger partial charge in [0.2, 0.25) is 0 Å². The summed E-state index contributed by atoms with van der Waals surface area (Å²) in [5, 5.41) is 9.24. The quantitative estimate of drug-likeness (QED) is 0.593. The first-order valence-corrected chi connectivity index (χ1v) is 11.0. The highest BCUT2D eigenvalue weighted by molar-refractivity contribution is 5.91. The SMILES string of the molecule is COc1ccc(C)c(N2C[C@@]3(CCC[C@H](Cn4cnc5ccc(C#N)cc54)C3)OC2=O)c1. The Morgan fingerprint density at radius 2 is 2.19 bits per heavy atom. The maximum absolute atomic E-state index is 12.9. The number of methoxy groups -OCH3 is 1. The Hall–Kier alpha value is -3.53. The number of nitriles is 1. The van der Waals surface area contributed by atoms with Gasteiger partial charge in [-0.25, -0.2) is 9.78 Å². The van der Waals surface area contributed by atoms with Gasteiger partial charge in [0, 0.05) is 12.6 Å². The summed E-state index contributed by atoms with van der Waals surface area (Å²) in [7, 11) is 1.63. The third-order valence-electron chi connectivity index (χ3n) is 6.79. The first-order valence-electron chi connectivity index (χ1n) is 11.0.